The molecule has 48 heavy (non-hydrogen) atoms. The number of amides is 1. The van der Waals surface area contributed by atoms with Gasteiger partial charge in [-0.25, -0.2) is 0 Å². The van der Waals surface area contributed by atoms with Gasteiger partial charge in [0, 0.05) is 9.26 Å². The summed E-state index contributed by atoms with van der Waals surface area (Å²) in [6, 6.07) is 29.5. The van der Waals surface area contributed by atoms with Crippen LogP contribution >= 0.6 is 22.6 Å². The fourth-order valence-electron chi connectivity index (χ4n) is 7.67. The third-order valence-electron chi connectivity index (χ3n) is 9.42. The maximum Gasteiger partial charge on any atom is 0.325 e. The van der Waals surface area contributed by atoms with Crippen molar-refractivity contribution in [1.82, 2.24) is 4.90 Å². The normalized spacial score (nSPS) is 25.9. The van der Waals surface area contributed by atoms with Gasteiger partial charge in [-0.2, -0.15) is 0 Å². The van der Waals surface area contributed by atoms with E-state index >= 15 is 0 Å². The number of hydrogen-bond acceptors (Lipinski definition) is 8. The van der Waals surface area contributed by atoms with Gasteiger partial charge in [0.2, 0.25) is 5.91 Å². The molecule has 0 unspecified atom stereocenters. The van der Waals surface area contributed by atoms with Crippen molar-refractivity contribution in [2.75, 3.05) is 25.1 Å². The molecule has 6 atom stereocenters. The maximum absolute atomic E-state index is 14.8. The van der Waals surface area contributed by atoms with E-state index in [-0.39, 0.29) is 19.8 Å². The van der Waals surface area contributed by atoms with E-state index in [1.807, 2.05) is 95.9 Å². The Hall–Kier alpha value is -4.52. The zero-order valence-corrected chi connectivity index (χ0v) is 28.0. The first-order chi connectivity index (χ1) is 23.4. The van der Waals surface area contributed by atoms with Crippen LogP contribution in [0.3, 0.4) is 0 Å². The van der Waals surface area contributed by atoms with Crippen LogP contribution in [0.25, 0.3) is 0 Å². The summed E-state index contributed by atoms with van der Waals surface area (Å²) in [4.78, 5) is 45.8. The van der Waals surface area contributed by atoms with Crippen LogP contribution in [-0.2, 0) is 29.3 Å². The molecular weight excluding hydrogens is 723 g/mol. The molecule has 0 bridgehead atoms. The average molecular weight is 757 g/mol. The Labute approximate surface area is 291 Å². The number of carbonyl (C=O) groups is 3. The smallest absolute Gasteiger partial charge is 0.325 e. The lowest BCUT2D eigenvalue weighted by atomic mass is 9.65. The van der Waals surface area contributed by atoms with Crippen molar-refractivity contribution < 1.29 is 33.7 Å². The first-order valence-corrected chi connectivity index (χ1v) is 16.8. The Bertz CT molecular complexity index is 1850. The van der Waals surface area contributed by atoms with Crippen LogP contribution in [0.15, 0.2) is 116 Å². The minimum absolute atomic E-state index is 0.0930. The largest absolute Gasteiger partial charge is 0.491 e. The highest BCUT2D eigenvalue weighted by atomic mass is 127. The molecule has 3 heterocycles. The predicted molar refractivity (Wildman–Crippen MR) is 186 cm³/mol. The second kappa shape index (κ2) is 13.2. The number of aliphatic hydroxyl groups is 1. The third-order valence-corrected chi connectivity index (χ3v) is 10.1. The summed E-state index contributed by atoms with van der Waals surface area (Å²) in [6.45, 7) is 3.59. The molecule has 2 fully saturated rings. The quantitative estimate of drug-likeness (QED) is 0.128. The summed E-state index contributed by atoms with van der Waals surface area (Å²) in [5.74, 6) is -2.46. The first kappa shape index (κ1) is 32.0. The van der Waals surface area contributed by atoms with Gasteiger partial charge in [-0.3, -0.25) is 19.3 Å². The lowest BCUT2D eigenvalue weighted by Gasteiger charge is -2.46. The topological polar surface area (TPSA) is 114 Å². The summed E-state index contributed by atoms with van der Waals surface area (Å²) < 4.78 is 18.6. The fourth-order valence-corrected chi connectivity index (χ4v) is 8.16. The van der Waals surface area contributed by atoms with E-state index in [0.29, 0.717) is 22.6 Å². The van der Waals surface area contributed by atoms with Crippen molar-refractivity contribution in [3.63, 3.8) is 0 Å². The molecule has 2 N–H and O–H groups in total. The van der Waals surface area contributed by atoms with Gasteiger partial charge in [0.1, 0.15) is 42.4 Å². The molecule has 2 saturated heterocycles. The van der Waals surface area contributed by atoms with Gasteiger partial charge in [-0.05, 0) is 75.2 Å². The molecule has 3 aliphatic rings. The molecule has 0 radical (unpaired) electrons. The van der Waals surface area contributed by atoms with Gasteiger partial charge in [0.05, 0.1) is 18.7 Å². The lowest BCUT2D eigenvalue weighted by molar-refractivity contribution is -0.180. The van der Waals surface area contributed by atoms with Crippen LogP contribution in [0.1, 0.15) is 40.4 Å². The van der Waals surface area contributed by atoms with Crippen molar-refractivity contribution in [1.29, 1.82) is 0 Å². The molecule has 4 aromatic carbocycles. The second-order valence-electron chi connectivity index (χ2n) is 12.0. The first-order valence-electron chi connectivity index (χ1n) is 15.7. The molecule has 1 spiro atoms. The Kier molecular flexibility index (Phi) is 8.80. The van der Waals surface area contributed by atoms with Crippen molar-refractivity contribution in [3.8, 4) is 5.75 Å². The van der Waals surface area contributed by atoms with E-state index in [4.69, 9.17) is 14.2 Å². The number of esters is 2. The van der Waals surface area contributed by atoms with E-state index in [9.17, 15) is 19.5 Å². The molecule has 3 aliphatic heterocycles. The third kappa shape index (κ3) is 5.19. The lowest BCUT2D eigenvalue weighted by Crippen LogP contribution is -2.52. The number of nitrogens with zero attached hydrogens (tertiary/aromatic N) is 1. The molecule has 7 rings (SSSR count). The van der Waals surface area contributed by atoms with E-state index in [1.54, 1.807) is 12.1 Å². The van der Waals surface area contributed by atoms with Gasteiger partial charge < -0.3 is 24.6 Å². The number of ether oxygens (including phenoxy) is 3. The van der Waals surface area contributed by atoms with Crippen LogP contribution in [0, 0.1) is 9.49 Å². The Morgan fingerprint density at radius 1 is 0.938 bits per heavy atom. The molecular formula is C38H33IN2O7. The zero-order chi connectivity index (χ0) is 33.4. The highest BCUT2D eigenvalue weighted by Crippen LogP contribution is 2.65. The molecule has 4 aromatic rings. The van der Waals surface area contributed by atoms with Crippen molar-refractivity contribution in [2.24, 2.45) is 5.92 Å². The van der Waals surface area contributed by atoms with E-state index in [2.05, 4.69) is 34.5 Å². The Balaban J connectivity index is 1.53. The number of carbonyl (C=O) groups excluding carboxylic acids is 3. The number of hydrogen-bond donors (Lipinski definition) is 2. The van der Waals surface area contributed by atoms with Gasteiger partial charge in [-0.1, -0.05) is 85.5 Å². The van der Waals surface area contributed by atoms with Gasteiger partial charge in [0.15, 0.2) is 0 Å². The predicted octanol–water partition coefficient (Wildman–Crippen LogP) is 5.66. The number of halogens is 1. The van der Waals surface area contributed by atoms with Gasteiger partial charge in [0.25, 0.3) is 0 Å². The number of morpholine rings is 1. The highest BCUT2D eigenvalue weighted by molar-refractivity contribution is 14.1. The highest BCUT2D eigenvalue weighted by Gasteiger charge is 2.74. The average Bonchev–Trinajstić information content (AvgIpc) is 3.59. The van der Waals surface area contributed by atoms with Crippen LogP contribution < -0.4 is 10.1 Å². The summed E-state index contributed by atoms with van der Waals surface area (Å²) in [7, 11) is 0. The standard InChI is InChI=1S/C38H33IN2O7/c1-2-20-47-35(43)30-32-36(44)48-33(24-11-7-4-8-12-24)31(23-9-5-3-6-10-23)41(32)34(25-13-16-27(17-14-25)46-21-19-42)38(30)28-22-26(39)15-18-29(28)40-37(38)45/h2-18,22,30-34,42H,1,19-21H2,(H,40,45)/t30-,31-,32-,33+,34+,38+/m0/s1. The summed E-state index contributed by atoms with van der Waals surface area (Å²) in [5, 5.41) is 12.4. The van der Waals surface area contributed by atoms with Crippen LogP contribution in [0.4, 0.5) is 5.69 Å². The van der Waals surface area contributed by atoms with Gasteiger partial charge in [-0.15, -0.1) is 0 Å². The van der Waals surface area contributed by atoms with Crippen LogP contribution in [0.5, 0.6) is 5.75 Å². The molecule has 0 aromatic heterocycles. The molecule has 10 heteroatoms. The number of rotatable bonds is 9. The van der Waals surface area contributed by atoms with Crippen molar-refractivity contribution in [3.05, 3.63) is 142 Å². The Morgan fingerprint density at radius 2 is 1.62 bits per heavy atom. The number of nitrogens with one attached hydrogen (secondary N) is 1. The summed E-state index contributed by atoms with van der Waals surface area (Å²) in [6.07, 6.45) is 0.704. The van der Waals surface area contributed by atoms with Crippen molar-refractivity contribution in [2.45, 2.75) is 29.6 Å². The van der Waals surface area contributed by atoms with Crippen LogP contribution in [-0.4, -0.2) is 53.7 Å². The number of aliphatic hydroxyl groups excluding tert-OH is 1. The molecule has 0 saturated carbocycles. The molecule has 0 aliphatic carbocycles. The SMILES string of the molecule is C=CCOC(=O)[C@@H]1[C@H]2C(=O)O[C@H](c3ccccc3)[C@H](c3ccccc3)N2[C@H](c2ccc(OCCO)cc2)[C@]12C(=O)Nc1ccc(I)cc12. The zero-order valence-electron chi connectivity index (χ0n) is 25.8. The number of anilines is 1. The number of cyclic esters (lactones) is 1. The number of fused-ring (bicyclic) bond motifs is 3. The summed E-state index contributed by atoms with van der Waals surface area (Å²) >= 11 is 2.20. The maximum atomic E-state index is 14.8. The fraction of sp³-hybridized carbons (Fsp3) is 0.237. The minimum Gasteiger partial charge on any atom is -0.491 e. The van der Waals surface area contributed by atoms with E-state index in [1.165, 1.54) is 6.08 Å². The van der Waals surface area contributed by atoms with Crippen molar-refractivity contribution >= 4 is 46.1 Å². The molecule has 9 nitrogen and oxygen atoms in total. The second-order valence-corrected chi connectivity index (χ2v) is 13.2. The Morgan fingerprint density at radius 3 is 2.29 bits per heavy atom. The number of benzene rings is 4. The van der Waals surface area contributed by atoms with Gasteiger partial charge >= 0.3 is 11.9 Å². The van der Waals surface area contributed by atoms with E-state index < -0.39 is 53.4 Å². The monoisotopic (exact) mass is 756 g/mol. The van der Waals surface area contributed by atoms with Crippen LogP contribution in [0.2, 0.25) is 0 Å². The molecule has 244 valence electrons. The minimum atomic E-state index is -1.59. The molecule has 1 amide bonds. The summed E-state index contributed by atoms with van der Waals surface area (Å²) in [5.41, 5.74) is 1.91. The van der Waals surface area contributed by atoms with E-state index in [0.717, 1.165) is 14.7 Å².